The van der Waals surface area contributed by atoms with E-state index in [2.05, 4.69) is 18.7 Å². The van der Waals surface area contributed by atoms with Crippen LogP contribution in [0.1, 0.15) is 31.1 Å². The Hall–Kier alpha value is -1.70. The Balaban J connectivity index is 3.03. The molecule has 0 N–H and O–H groups in total. The zero-order valence-electron chi connectivity index (χ0n) is 16.5. The van der Waals surface area contributed by atoms with Gasteiger partial charge < -0.3 is 9.80 Å². The van der Waals surface area contributed by atoms with Crippen LogP contribution in [0.25, 0.3) is 0 Å². The first-order chi connectivity index (χ1) is 12.3. The van der Waals surface area contributed by atoms with Gasteiger partial charge in [0.25, 0.3) is 0 Å². The molecule has 0 aliphatic carbocycles. The Labute approximate surface area is 158 Å². The molecule has 0 saturated carbocycles. The van der Waals surface area contributed by atoms with Gasteiger partial charge in [0.05, 0.1) is 4.90 Å². The molecule has 1 rings (SSSR count). The third-order valence-electron chi connectivity index (χ3n) is 4.19. The van der Waals surface area contributed by atoms with Crippen LogP contribution in [0.15, 0.2) is 41.4 Å². The second-order valence-corrected chi connectivity index (χ2v) is 8.13. The number of hydrogen-bond acceptors (Lipinski definition) is 5. The molecule has 0 saturated heterocycles. The second-order valence-electron chi connectivity index (χ2n) is 6.20. The van der Waals surface area contributed by atoms with Crippen LogP contribution in [-0.4, -0.2) is 75.1 Å². The zero-order chi connectivity index (χ0) is 19.7. The van der Waals surface area contributed by atoms with Crippen molar-refractivity contribution in [2.24, 2.45) is 0 Å². The van der Waals surface area contributed by atoms with Gasteiger partial charge in [0.2, 0.25) is 10.0 Å². The lowest BCUT2D eigenvalue weighted by atomic mass is 10.1. The van der Waals surface area contributed by atoms with Gasteiger partial charge in [0.15, 0.2) is 5.78 Å². The molecule has 1 aromatic carbocycles. The molecule has 0 bridgehead atoms. The number of nitrogens with zero attached hydrogens (tertiary/aromatic N) is 3. The lowest BCUT2D eigenvalue weighted by Gasteiger charge is -2.25. The van der Waals surface area contributed by atoms with Gasteiger partial charge in [-0.25, -0.2) is 8.42 Å². The van der Waals surface area contributed by atoms with Crippen molar-refractivity contribution in [1.29, 1.82) is 0 Å². The number of carbonyl (C=O) groups is 1. The van der Waals surface area contributed by atoms with Crippen molar-refractivity contribution in [2.45, 2.75) is 25.7 Å². The summed E-state index contributed by atoms with van der Waals surface area (Å²) in [5, 5.41) is 0. The maximum atomic E-state index is 13.0. The molecular formula is C19H31N3O3S. The average molecular weight is 382 g/mol. The maximum absolute atomic E-state index is 13.0. The number of carbonyl (C=O) groups excluding carboxylic acids is 1. The van der Waals surface area contributed by atoms with Crippen LogP contribution in [0.3, 0.4) is 0 Å². The molecule has 0 unspecified atom stereocenters. The van der Waals surface area contributed by atoms with E-state index >= 15 is 0 Å². The van der Waals surface area contributed by atoms with Crippen molar-refractivity contribution in [2.75, 3.05) is 46.8 Å². The second kappa shape index (κ2) is 10.4. The van der Waals surface area contributed by atoms with E-state index < -0.39 is 10.0 Å². The van der Waals surface area contributed by atoms with Gasteiger partial charge in [-0.3, -0.25) is 4.79 Å². The first kappa shape index (κ1) is 22.3. The Morgan fingerprint density at radius 1 is 1.04 bits per heavy atom. The van der Waals surface area contributed by atoms with Gasteiger partial charge >= 0.3 is 0 Å². The molecule has 26 heavy (non-hydrogen) atoms. The molecule has 1 aromatic rings. The fourth-order valence-corrected chi connectivity index (χ4v) is 4.00. The summed E-state index contributed by atoms with van der Waals surface area (Å²) in [6, 6.07) is 6.25. The van der Waals surface area contributed by atoms with Crippen LogP contribution in [-0.2, 0) is 10.0 Å². The summed E-state index contributed by atoms with van der Waals surface area (Å²) in [6.07, 6.45) is 3.08. The first-order valence-corrected chi connectivity index (χ1v) is 10.4. The summed E-state index contributed by atoms with van der Waals surface area (Å²) >= 11 is 0. The largest absolute Gasteiger partial charge is 0.383 e. The highest BCUT2D eigenvalue weighted by atomic mass is 32.2. The van der Waals surface area contributed by atoms with Crippen molar-refractivity contribution in [3.8, 4) is 0 Å². The number of rotatable bonds is 11. The summed E-state index contributed by atoms with van der Waals surface area (Å²) in [5.74, 6) is -0.220. The van der Waals surface area contributed by atoms with Gasteiger partial charge in [-0.1, -0.05) is 32.9 Å². The summed E-state index contributed by atoms with van der Waals surface area (Å²) < 4.78 is 27.4. The minimum Gasteiger partial charge on any atom is -0.383 e. The smallest absolute Gasteiger partial charge is 0.243 e. The molecule has 6 nitrogen and oxygen atoms in total. The highest BCUT2D eigenvalue weighted by molar-refractivity contribution is 7.89. The van der Waals surface area contributed by atoms with Crippen molar-refractivity contribution in [3.05, 3.63) is 42.1 Å². The van der Waals surface area contributed by atoms with Crippen molar-refractivity contribution in [1.82, 2.24) is 14.1 Å². The topological polar surface area (TPSA) is 60.9 Å². The number of benzene rings is 1. The standard InChI is InChI=1S/C19H31N3O3S/c1-6-21(7-2)14-15-22(8-3)26(24,25)18-11-9-10-17(16-18)19(23)12-13-20(4)5/h9-13,16H,6-8,14-15H2,1-5H3/b13-12+. The van der Waals surface area contributed by atoms with Crippen LogP contribution >= 0.6 is 0 Å². The predicted octanol–water partition coefficient (Wildman–Crippen LogP) is 2.30. The lowest BCUT2D eigenvalue weighted by molar-refractivity contribution is 0.104. The fourth-order valence-electron chi connectivity index (χ4n) is 2.51. The van der Waals surface area contributed by atoms with E-state index in [0.717, 1.165) is 13.1 Å². The molecule has 0 atom stereocenters. The summed E-state index contributed by atoms with van der Waals surface area (Å²) in [7, 11) is 0.00765. The van der Waals surface area contributed by atoms with Crippen LogP contribution in [0.5, 0.6) is 0 Å². The van der Waals surface area contributed by atoms with E-state index in [9.17, 15) is 13.2 Å². The molecule has 7 heteroatoms. The fraction of sp³-hybridized carbons (Fsp3) is 0.526. The maximum Gasteiger partial charge on any atom is 0.243 e. The van der Waals surface area contributed by atoms with E-state index in [1.54, 1.807) is 29.3 Å². The van der Waals surface area contributed by atoms with E-state index in [4.69, 9.17) is 0 Å². The Kier molecular flexibility index (Phi) is 8.98. The van der Waals surface area contributed by atoms with Crippen molar-refractivity contribution >= 4 is 15.8 Å². The van der Waals surface area contributed by atoms with E-state index in [0.29, 0.717) is 25.2 Å². The molecule has 0 amide bonds. The summed E-state index contributed by atoms with van der Waals surface area (Å²) in [6.45, 7) is 9.22. The van der Waals surface area contributed by atoms with E-state index in [-0.39, 0.29) is 10.7 Å². The zero-order valence-corrected chi connectivity index (χ0v) is 17.3. The first-order valence-electron chi connectivity index (χ1n) is 8.97. The van der Waals surface area contributed by atoms with Crippen molar-refractivity contribution < 1.29 is 13.2 Å². The number of hydrogen-bond donors (Lipinski definition) is 0. The lowest BCUT2D eigenvalue weighted by Crippen LogP contribution is -2.38. The molecule has 0 radical (unpaired) electrons. The van der Waals surface area contributed by atoms with Gasteiger partial charge in [-0.2, -0.15) is 4.31 Å². The molecule has 0 aliphatic heterocycles. The number of ketones is 1. The average Bonchev–Trinajstić information content (AvgIpc) is 2.63. The van der Waals surface area contributed by atoms with Crippen LogP contribution in [0.2, 0.25) is 0 Å². The predicted molar refractivity (Wildman–Crippen MR) is 106 cm³/mol. The third-order valence-corrected chi connectivity index (χ3v) is 6.16. The molecule has 0 aliphatic rings. The Morgan fingerprint density at radius 2 is 1.69 bits per heavy atom. The van der Waals surface area contributed by atoms with Gasteiger partial charge in [0, 0.05) is 51.6 Å². The molecule has 0 spiro atoms. The van der Waals surface area contributed by atoms with Crippen molar-refractivity contribution in [3.63, 3.8) is 0 Å². The normalized spacial score (nSPS) is 12.3. The molecule has 146 valence electrons. The molecule has 0 aromatic heterocycles. The molecular weight excluding hydrogens is 350 g/mol. The van der Waals surface area contributed by atoms with Crippen LogP contribution in [0, 0.1) is 0 Å². The van der Waals surface area contributed by atoms with Crippen LogP contribution in [0.4, 0.5) is 0 Å². The monoisotopic (exact) mass is 381 g/mol. The van der Waals surface area contributed by atoms with E-state index in [1.807, 2.05) is 21.0 Å². The Morgan fingerprint density at radius 3 is 2.23 bits per heavy atom. The SMILES string of the molecule is CCN(CC)CCN(CC)S(=O)(=O)c1cccc(C(=O)/C=C/N(C)C)c1. The minimum absolute atomic E-state index is 0.156. The van der Waals surface area contributed by atoms with E-state index in [1.165, 1.54) is 16.4 Å². The van der Waals surface area contributed by atoms with Crippen LogP contribution < -0.4 is 0 Å². The highest BCUT2D eigenvalue weighted by Crippen LogP contribution is 2.18. The summed E-state index contributed by atoms with van der Waals surface area (Å²) in [5.41, 5.74) is 0.365. The number of likely N-dealkylation sites (N-methyl/N-ethyl adjacent to an activating group) is 2. The third kappa shape index (κ3) is 6.23. The highest BCUT2D eigenvalue weighted by Gasteiger charge is 2.24. The van der Waals surface area contributed by atoms with Gasteiger partial charge in [0.1, 0.15) is 0 Å². The quantitative estimate of drug-likeness (QED) is 0.435. The van der Waals surface area contributed by atoms with Gasteiger partial charge in [-0.05, 0) is 25.2 Å². The Bertz CT molecular complexity index is 710. The summed E-state index contributed by atoms with van der Waals surface area (Å²) in [4.78, 5) is 16.3. The number of allylic oxidation sites excluding steroid dienone is 1. The number of sulfonamides is 1. The minimum atomic E-state index is -3.63. The van der Waals surface area contributed by atoms with Gasteiger partial charge in [-0.15, -0.1) is 0 Å². The molecule has 0 heterocycles. The molecule has 0 fully saturated rings.